The zero-order valence-corrected chi connectivity index (χ0v) is 16.9. The molecule has 0 aliphatic carbocycles. The second-order valence-electron chi connectivity index (χ2n) is 6.14. The lowest BCUT2D eigenvalue weighted by Crippen LogP contribution is -2.05. The number of nitrogen functional groups attached to an aromatic ring is 1. The smallest absolute Gasteiger partial charge is 0.187 e. The molecule has 3 heterocycles. The Morgan fingerprint density at radius 1 is 0.929 bits per heavy atom. The van der Waals surface area contributed by atoms with E-state index in [1.54, 1.807) is 10.7 Å². The average molecular weight is 449 g/mol. The van der Waals surface area contributed by atoms with E-state index in [-0.39, 0.29) is 0 Å². The van der Waals surface area contributed by atoms with E-state index in [4.69, 9.17) is 10.7 Å². The molecule has 0 amide bonds. The minimum Gasteiger partial charge on any atom is -0.382 e. The van der Waals surface area contributed by atoms with E-state index in [2.05, 4.69) is 31.2 Å². The van der Waals surface area contributed by atoms with E-state index in [1.807, 2.05) is 60.0 Å². The summed E-state index contributed by atoms with van der Waals surface area (Å²) in [5, 5.41) is 15.9. The van der Waals surface area contributed by atoms with Crippen LogP contribution in [-0.2, 0) is 0 Å². The summed E-state index contributed by atoms with van der Waals surface area (Å²) in [6.07, 6.45) is 1.76. The first-order valence-corrected chi connectivity index (χ1v) is 10.1. The van der Waals surface area contributed by atoms with E-state index < -0.39 is 0 Å². The highest BCUT2D eigenvalue weighted by molar-refractivity contribution is 9.10. The van der Waals surface area contributed by atoms with Crippen molar-refractivity contribution in [1.29, 1.82) is 0 Å². The first-order chi connectivity index (χ1) is 13.7. The Hall–Kier alpha value is -3.10. The highest BCUT2D eigenvalue weighted by atomic mass is 79.9. The summed E-state index contributed by atoms with van der Waals surface area (Å²) in [4.78, 5) is 4.69. The van der Waals surface area contributed by atoms with Crippen molar-refractivity contribution >= 4 is 38.7 Å². The van der Waals surface area contributed by atoms with E-state index in [0.29, 0.717) is 22.2 Å². The van der Waals surface area contributed by atoms with Crippen molar-refractivity contribution in [3.8, 4) is 33.1 Å². The predicted octanol–water partition coefficient (Wildman–Crippen LogP) is 4.93. The van der Waals surface area contributed by atoms with Crippen molar-refractivity contribution in [1.82, 2.24) is 24.8 Å². The van der Waals surface area contributed by atoms with E-state index in [0.717, 1.165) is 26.9 Å². The summed E-state index contributed by atoms with van der Waals surface area (Å²) in [6.45, 7) is 0. The fraction of sp³-hybridized carbons (Fsp3) is 0. The van der Waals surface area contributed by atoms with Gasteiger partial charge in [0.2, 0.25) is 0 Å². The van der Waals surface area contributed by atoms with E-state index in [1.165, 1.54) is 11.3 Å². The normalized spacial score (nSPS) is 11.2. The summed E-state index contributed by atoms with van der Waals surface area (Å²) in [7, 11) is 0. The third kappa shape index (κ3) is 2.87. The monoisotopic (exact) mass is 448 g/mol. The van der Waals surface area contributed by atoms with Gasteiger partial charge in [-0.1, -0.05) is 58.4 Å². The molecule has 0 spiro atoms. The van der Waals surface area contributed by atoms with Gasteiger partial charge >= 0.3 is 0 Å². The highest BCUT2D eigenvalue weighted by Crippen LogP contribution is 2.32. The molecule has 0 aliphatic rings. The molecule has 0 atom stereocenters. The summed E-state index contributed by atoms with van der Waals surface area (Å²) >= 11 is 4.93. The fourth-order valence-electron chi connectivity index (χ4n) is 2.97. The SMILES string of the molecule is Nc1c(-c2nc(-c3ccc(Br)cc3)cs2)nnc2c(-c3ccccc3)cnn12. The zero-order chi connectivity index (χ0) is 19.1. The number of thiazole rings is 1. The first-order valence-electron chi connectivity index (χ1n) is 8.48. The van der Waals surface area contributed by atoms with Crippen molar-refractivity contribution in [3.05, 3.63) is 70.6 Å². The Balaban J connectivity index is 1.57. The Morgan fingerprint density at radius 2 is 1.71 bits per heavy atom. The van der Waals surface area contributed by atoms with Gasteiger partial charge < -0.3 is 5.73 Å². The van der Waals surface area contributed by atoms with Crippen molar-refractivity contribution < 1.29 is 0 Å². The molecule has 0 bridgehead atoms. The molecular weight excluding hydrogens is 436 g/mol. The van der Waals surface area contributed by atoms with Crippen LogP contribution in [0.1, 0.15) is 0 Å². The van der Waals surface area contributed by atoms with Gasteiger partial charge in [-0.05, 0) is 17.7 Å². The van der Waals surface area contributed by atoms with Gasteiger partial charge in [0, 0.05) is 21.0 Å². The molecule has 0 fully saturated rings. The van der Waals surface area contributed by atoms with Gasteiger partial charge in [0.1, 0.15) is 5.01 Å². The van der Waals surface area contributed by atoms with Crippen LogP contribution in [0, 0.1) is 0 Å². The molecule has 0 saturated heterocycles. The van der Waals surface area contributed by atoms with Crippen LogP contribution in [0.15, 0.2) is 70.6 Å². The Morgan fingerprint density at radius 3 is 2.50 bits per heavy atom. The molecule has 0 aliphatic heterocycles. The van der Waals surface area contributed by atoms with Gasteiger partial charge in [-0.2, -0.15) is 9.61 Å². The van der Waals surface area contributed by atoms with Gasteiger partial charge in [0.25, 0.3) is 0 Å². The van der Waals surface area contributed by atoms with Crippen molar-refractivity contribution in [3.63, 3.8) is 0 Å². The average Bonchev–Trinajstić information content (AvgIpc) is 3.37. The second-order valence-corrected chi connectivity index (χ2v) is 7.91. The molecule has 3 aromatic heterocycles. The fourth-order valence-corrected chi connectivity index (χ4v) is 4.06. The molecule has 0 radical (unpaired) electrons. The molecule has 2 N–H and O–H groups in total. The molecule has 6 nitrogen and oxygen atoms in total. The highest BCUT2D eigenvalue weighted by Gasteiger charge is 2.17. The number of nitrogens with two attached hydrogens (primary N) is 1. The number of anilines is 1. The Kier molecular flexibility index (Phi) is 4.14. The van der Waals surface area contributed by atoms with Crippen LogP contribution < -0.4 is 5.73 Å². The van der Waals surface area contributed by atoms with Gasteiger partial charge in [0.05, 0.1) is 11.9 Å². The Bertz CT molecular complexity index is 1280. The van der Waals surface area contributed by atoms with Gasteiger partial charge in [-0.15, -0.1) is 21.5 Å². The van der Waals surface area contributed by atoms with Crippen LogP contribution in [0.25, 0.3) is 38.7 Å². The van der Waals surface area contributed by atoms with Crippen molar-refractivity contribution in [2.75, 3.05) is 5.73 Å². The van der Waals surface area contributed by atoms with E-state index in [9.17, 15) is 0 Å². The van der Waals surface area contributed by atoms with Crippen molar-refractivity contribution in [2.24, 2.45) is 0 Å². The van der Waals surface area contributed by atoms with Crippen molar-refractivity contribution in [2.45, 2.75) is 0 Å². The van der Waals surface area contributed by atoms with Crippen LogP contribution in [0.2, 0.25) is 0 Å². The number of nitrogens with zero attached hydrogens (tertiary/aromatic N) is 5. The van der Waals surface area contributed by atoms with Crippen LogP contribution in [-0.4, -0.2) is 24.8 Å². The molecule has 0 saturated carbocycles. The molecule has 28 heavy (non-hydrogen) atoms. The number of halogens is 1. The second kappa shape index (κ2) is 6.81. The third-order valence-electron chi connectivity index (χ3n) is 4.39. The summed E-state index contributed by atoms with van der Waals surface area (Å²) in [5.41, 5.74) is 11.3. The number of aromatic nitrogens is 5. The first kappa shape index (κ1) is 17.0. The zero-order valence-electron chi connectivity index (χ0n) is 14.5. The van der Waals surface area contributed by atoms with Crippen LogP contribution in [0.3, 0.4) is 0 Å². The number of hydrogen-bond acceptors (Lipinski definition) is 6. The maximum absolute atomic E-state index is 6.37. The molecular formula is C20H13BrN6S. The van der Waals surface area contributed by atoms with E-state index >= 15 is 0 Å². The summed E-state index contributed by atoms with van der Waals surface area (Å²) in [6, 6.07) is 17.9. The number of hydrogen-bond donors (Lipinski definition) is 1. The number of fused-ring (bicyclic) bond motifs is 1. The van der Waals surface area contributed by atoms with Gasteiger partial charge in [0.15, 0.2) is 17.2 Å². The summed E-state index contributed by atoms with van der Waals surface area (Å²) in [5.74, 6) is 0.420. The molecule has 136 valence electrons. The molecule has 5 aromatic rings. The molecule has 5 rings (SSSR count). The molecule has 8 heteroatoms. The number of benzene rings is 2. The lowest BCUT2D eigenvalue weighted by atomic mass is 10.1. The standard InChI is InChI=1S/C20H13BrN6S/c21-14-8-6-13(7-9-14)16-11-28-20(24-16)17-18(22)27-19(26-25-17)15(10-23-27)12-4-2-1-3-5-12/h1-11H,22H2. The van der Waals surface area contributed by atoms with Crippen LogP contribution >= 0.6 is 27.3 Å². The molecule has 2 aromatic carbocycles. The minimum absolute atomic E-state index is 0.420. The lowest BCUT2D eigenvalue weighted by Gasteiger charge is -2.04. The topological polar surface area (TPSA) is 82.0 Å². The minimum atomic E-state index is 0.420. The van der Waals surface area contributed by atoms with Gasteiger partial charge in [-0.3, -0.25) is 0 Å². The van der Waals surface area contributed by atoms with Gasteiger partial charge in [-0.25, -0.2) is 4.98 Å². The summed E-state index contributed by atoms with van der Waals surface area (Å²) < 4.78 is 2.64. The predicted molar refractivity (Wildman–Crippen MR) is 115 cm³/mol. The van der Waals surface area contributed by atoms with Crippen LogP contribution in [0.5, 0.6) is 0 Å². The lowest BCUT2D eigenvalue weighted by molar-refractivity contribution is 0.906. The maximum Gasteiger partial charge on any atom is 0.187 e. The Labute approximate surface area is 172 Å². The third-order valence-corrected chi connectivity index (χ3v) is 5.77. The quantitative estimate of drug-likeness (QED) is 0.423. The van der Waals surface area contributed by atoms with Crippen LogP contribution in [0.4, 0.5) is 5.82 Å². The maximum atomic E-state index is 6.37. The largest absolute Gasteiger partial charge is 0.382 e. The number of rotatable bonds is 3. The molecule has 0 unspecified atom stereocenters.